The van der Waals surface area contributed by atoms with Crippen molar-refractivity contribution in [2.45, 2.75) is 40.0 Å². The fraction of sp³-hybridized carbons (Fsp3) is 0.350. The van der Waals surface area contributed by atoms with Crippen LogP contribution in [-0.2, 0) is 6.42 Å². The van der Waals surface area contributed by atoms with Crippen molar-refractivity contribution in [1.29, 1.82) is 0 Å². The first kappa shape index (κ1) is 18.4. The average molecular weight is 371 g/mol. The van der Waals surface area contributed by atoms with Gasteiger partial charge in [-0.05, 0) is 37.5 Å². The van der Waals surface area contributed by atoms with E-state index >= 15 is 0 Å². The zero-order valence-corrected chi connectivity index (χ0v) is 16.1. The van der Waals surface area contributed by atoms with Gasteiger partial charge in [0.25, 0.3) is 5.91 Å². The third kappa shape index (κ3) is 3.58. The Bertz CT molecular complexity index is 948. The third-order valence-corrected chi connectivity index (χ3v) is 4.96. The van der Waals surface area contributed by atoms with Crippen molar-refractivity contribution in [1.82, 2.24) is 19.9 Å². The number of fused-ring (bicyclic) bond motifs is 1. The van der Waals surface area contributed by atoms with Crippen LogP contribution in [0.4, 0.5) is 0 Å². The van der Waals surface area contributed by atoms with E-state index in [9.17, 15) is 4.79 Å². The van der Waals surface area contributed by atoms with E-state index in [0.29, 0.717) is 24.2 Å². The van der Waals surface area contributed by atoms with Crippen molar-refractivity contribution >= 4 is 23.2 Å². The normalized spacial score (nSPS) is 11.1. The number of aryl methyl sites for hydroxylation is 2. The summed E-state index contributed by atoms with van der Waals surface area (Å²) >= 11 is 6.31. The zero-order chi connectivity index (χ0) is 18.7. The fourth-order valence-electron chi connectivity index (χ4n) is 3.03. The minimum Gasteiger partial charge on any atom is -0.352 e. The van der Waals surface area contributed by atoms with E-state index in [1.54, 1.807) is 10.7 Å². The highest BCUT2D eigenvalue weighted by molar-refractivity contribution is 6.31. The smallest absolute Gasteiger partial charge is 0.256 e. The molecule has 3 rings (SSSR count). The van der Waals surface area contributed by atoms with E-state index in [0.717, 1.165) is 40.4 Å². The molecule has 0 unspecified atom stereocenters. The van der Waals surface area contributed by atoms with Gasteiger partial charge in [-0.25, -0.2) is 9.50 Å². The van der Waals surface area contributed by atoms with E-state index in [1.807, 2.05) is 38.1 Å². The van der Waals surface area contributed by atoms with E-state index in [2.05, 4.69) is 22.3 Å². The van der Waals surface area contributed by atoms with Gasteiger partial charge >= 0.3 is 0 Å². The minimum atomic E-state index is -0.126. The predicted molar refractivity (Wildman–Crippen MR) is 104 cm³/mol. The van der Waals surface area contributed by atoms with Gasteiger partial charge in [0.2, 0.25) is 0 Å². The predicted octanol–water partition coefficient (Wildman–Crippen LogP) is 4.12. The van der Waals surface area contributed by atoms with Crippen LogP contribution in [0.15, 0.2) is 30.5 Å². The maximum absolute atomic E-state index is 12.4. The Morgan fingerprint density at radius 1 is 1.27 bits per heavy atom. The number of hydrogen-bond acceptors (Lipinski definition) is 3. The van der Waals surface area contributed by atoms with Crippen molar-refractivity contribution < 1.29 is 4.79 Å². The Balaban J connectivity index is 1.96. The fourth-order valence-corrected chi connectivity index (χ4v) is 3.24. The van der Waals surface area contributed by atoms with Gasteiger partial charge < -0.3 is 5.32 Å². The lowest BCUT2D eigenvalue weighted by Crippen LogP contribution is -2.24. The van der Waals surface area contributed by atoms with Gasteiger partial charge in [0, 0.05) is 29.4 Å². The minimum absolute atomic E-state index is 0.126. The number of nitrogens with one attached hydrogen (secondary N) is 1. The number of unbranched alkanes of at least 4 members (excludes halogenated alkanes) is 1. The average Bonchev–Trinajstić information content (AvgIpc) is 3.04. The van der Waals surface area contributed by atoms with Gasteiger partial charge in [-0.1, -0.05) is 43.1 Å². The first-order valence-electron chi connectivity index (χ1n) is 8.88. The molecule has 136 valence electrons. The summed E-state index contributed by atoms with van der Waals surface area (Å²) in [6.45, 7) is 6.72. The standard InChI is InChI=1S/C20H23ClN4O/c1-4-5-10-22-20(26)17-12-23-25-14(3)16(13(2)24-19(17)25)11-15-8-6-7-9-18(15)21/h6-9,12H,4-5,10-11H2,1-3H3,(H,22,26). The Morgan fingerprint density at radius 2 is 2.04 bits per heavy atom. The van der Waals surface area contributed by atoms with Crippen molar-refractivity contribution in [3.63, 3.8) is 0 Å². The molecule has 2 heterocycles. The number of halogens is 1. The molecule has 0 bridgehead atoms. The van der Waals surface area contributed by atoms with Gasteiger partial charge in [-0.2, -0.15) is 5.10 Å². The Labute approximate surface area is 158 Å². The topological polar surface area (TPSA) is 59.3 Å². The molecule has 0 spiro atoms. The molecule has 0 saturated carbocycles. The quantitative estimate of drug-likeness (QED) is 0.664. The maximum atomic E-state index is 12.4. The summed E-state index contributed by atoms with van der Waals surface area (Å²) in [6, 6.07) is 7.80. The van der Waals surface area contributed by atoms with Gasteiger partial charge in [0.1, 0.15) is 5.56 Å². The third-order valence-electron chi connectivity index (χ3n) is 4.59. The lowest BCUT2D eigenvalue weighted by Gasteiger charge is -2.12. The lowest BCUT2D eigenvalue weighted by molar-refractivity contribution is 0.0954. The first-order valence-corrected chi connectivity index (χ1v) is 9.26. The molecule has 3 aromatic rings. The summed E-state index contributed by atoms with van der Waals surface area (Å²) in [5.74, 6) is -0.126. The van der Waals surface area contributed by atoms with Crippen LogP contribution < -0.4 is 5.32 Å². The first-order chi connectivity index (χ1) is 12.5. The summed E-state index contributed by atoms with van der Waals surface area (Å²) in [5, 5.41) is 8.06. The van der Waals surface area contributed by atoms with Crippen LogP contribution in [0.2, 0.25) is 5.02 Å². The SMILES string of the molecule is CCCCNC(=O)c1cnn2c(C)c(Cc3ccccc3Cl)c(C)nc12. The summed E-state index contributed by atoms with van der Waals surface area (Å²) in [7, 11) is 0. The Morgan fingerprint density at radius 3 is 2.77 bits per heavy atom. The molecule has 0 aliphatic carbocycles. The second-order valence-electron chi connectivity index (χ2n) is 6.43. The number of amides is 1. The number of benzene rings is 1. The number of hydrogen-bond donors (Lipinski definition) is 1. The van der Waals surface area contributed by atoms with Gasteiger partial charge in [-0.15, -0.1) is 0 Å². The highest BCUT2D eigenvalue weighted by Gasteiger charge is 2.18. The lowest BCUT2D eigenvalue weighted by atomic mass is 10.0. The molecule has 26 heavy (non-hydrogen) atoms. The molecule has 2 aromatic heterocycles. The number of nitrogens with zero attached hydrogens (tertiary/aromatic N) is 3. The van der Waals surface area contributed by atoms with Gasteiger partial charge in [0.15, 0.2) is 5.65 Å². The van der Waals surface area contributed by atoms with Crippen molar-refractivity contribution in [3.05, 3.63) is 63.6 Å². The summed E-state index contributed by atoms with van der Waals surface area (Å²) in [5.41, 5.74) is 5.09. The molecule has 1 N–H and O–H groups in total. The van der Waals surface area contributed by atoms with Crippen molar-refractivity contribution in [2.24, 2.45) is 0 Å². The van der Waals surface area contributed by atoms with Crippen LogP contribution >= 0.6 is 11.6 Å². The zero-order valence-electron chi connectivity index (χ0n) is 15.3. The van der Waals surface area contributed by atoms with E-state index < -0.39 is 0 Å². The summed E-state index contributed by atoms with van der Waals surface area (Å²) < 4.78 is 1.74. The molecule has 0 radical (unpaired) electrons. The molecule has 6 heteroatoms. The molecule has 1 amide bonds. The number of carbonyl (C=O) groups is 1. The van der Waals surface area contributed by atoms with E-state index in [1.165, 1.54) is 0 Å². The highest BCUT2D eigenvalue weighted by Crippen LogP contribution is 2.24. The van der Waals surface area contributed by atoms with Gasteiger partial charge in [0.05, 0.1) is 6.20 Å². The Kier molecular flexibility index (Phi) is 5.57. The molecule has 0 saturated heterocycles. The van der Waals surface area contributed by atoms with Gasteiger partial charge in [-0.3, -0.25) is 4.79 Å². The number of carbonyl (C=O) groups excluding carboxylic acids is 1. The summed E-state index contributed by atoms with van der Waals surface area (Å²) in [4.78, 5) is 17.1. The van der Waals surface area contributed by atoms with Crippen LogP contribution in [0, 0.1) is 13.8 Å². The molecular weight excluding hydrogens is 348 g/mol. The molecule has 0 aliphatic rings. The molecule has 1 aromatic carbocycles. The molecule has 5 nitrogen and oxygen atoms in total. The second kappa shape index (κ2) is 7.87. The summed E-state index contributed by atoms with van der Waals surface area (Å²) in [6.07, 6.45) is 4.27. The largest absolute Gasteiger partial charge is 0.352 e. The van der Waals surface area contributed by atoms with Crippen LogP contribution in [0.5, 0.6) is 0 Å². The molecular formula is C20H23ClN4O. The second-order valence-corrected chi connectivity index (χ2v) is 6.84. The highest BCUT2D eigenvalue weighted by atomic mass is 35.5. The van der Waals surface area contributed by atoms with Crippen LogP contribution in [-0.4, -0.2) is 27.0 Å². The van der Waals surface area contributed by atoms with Crippen LogP contribution in [0.25, 0.3) is 5.65 Å². The van der Waals surface area contributed by atoms with E-state index in [-0.39, 0.29) is 5.91 Å². The number of aromatic nitrogens is 3. The monoisotopic (exact) mass is 370 g/mol. The number of rotatable bonds is 6. The Hall–Kier alpha value is -2.40. The van der Waals surface area contributed by atoms with Crippen molar-refractivity contribution in [2.75, 3.05) is 6.54 Å². The molecule has 0 aliphatic heterocycles. The van der Waals surface area contributed by atoms with Crippen LogP contribution in [0.3, 0.4) is 0 Å². The molecule has 0 atom stereocenters. The molecule has 0 fully saturated rings. The van der Waals surface area contributed by atoms with Crippen molar-refractivity contribution in [3.8, 4) is 0 Å². The maximum Gasteiger partial charge on any atom is 0.256 e. The van der Waals surface area contributed by atoms with E-state index in [4.69, 9.17) is 11.6 Å². The van der Waals surface area contributed by atoms with Crippen LogP contribution in [0.1, 0.15) is 52.6 Å².